The minimum atomic E-state index is -1.33. The van der Waals surface area contributed by atoms with E-state index < -0.39 is 17.3 Å². The molecule has 1 aromatic rings. The van der Waals surface area contributed by atoms with Crippen LogP contribution in [0.4, 0.5) is 4.79 Å². The van der Waals surface area contributed by atoms with Gasteiger partial charge in [0.25, 0.3) is 0 Å². The van der Waals surface area contributed by atoms with Crippen molar-refractivity contribution < 1.29 is 19.4 Å². The lowest BCUT2D eigenvalue weighted by molar-refractivity contribution is -0.0450. The fourth-order valence-corrected chi connectivity index (χ4v) is 2.85. The summed E-state index contributed by atoms with van der Waals surface area (Å²) in [5, 5.41) is 11.0. The number of ether oxygens (including phenoxy) is 2. The van der Waals surface area contributed by atoms with Crippen LogP contribution >= 0.6 is 15.9 Å². The van der Waals surface area contributed by atoms with E-state index >= 15 is 0 Å². The Labute approximate surface area is 138 Å². The summed E-state index contributed by atoms with van der Waals surface area (Å²) in [6, 6.07) is 3.50. The second kappa shape index (κ2) is 6.52. The third kappa shape index (κ3) is 4.18. The quantitative estimate of drug-likeness (QED) is 0.765. The Morgan fingerprint density at radius 3 is 2.91 bits per heavy atom. The highest BCUT2D eigenvalue weighted by Crippen LogP contribution is 2.30. The van der Waals surface area contributed by atoms with E-state index in [-0.39, 0.29) is 13.2 Å². The van der Waals surface area contributed by atoms with Gasteiger partial charge in [-0.3, -0.25) is 0 Å². The number of β-amino-alcohol motifs (C(OH)–C–C–N with tert-alkyl or cyclic N) is 1. The average molecular weight is 373 g/mol. The van der Waals surface area contributed by atoms with Gasteiger partial charge in [-0.25, -0.2) is 9.78 Å². The Morgan fingerprint density at radius 2 is 2.27 bits per heavy atom. The smallest absolute Gasteiger partial charge is 0.410 e. The van der Waals surface area contributed by atoms with Gasteiger partial charge in [0.2, 0.25) is 0 Å². The summed E-state index contributed by atoms with van der Waals surface area (Å²) in [5.41, 5.74) is -1.33. The van der Waals surface area contributed by atoms with Gasteiger partial charge in [-0.1, -0.05) is 6.07 Å². The van der Waals surface area contributed by atoms with Gasteiger partial charge in [0.15, 0.2) is 0 Å². The monoisotopic (exact) mass is 372 g/mol. The maximum atomic E-state index is 12.3. The Balaban J connectivity index is 2.23. The number of hydrogen-bond acceptors (Lipinski definition) is 5. The first-order valence-corrected chi connectivity index (χ1v) is 7.90. The number of aromatic nitrogens is 1. The molecule has 1 fully saturated rings. The topological polar surface area (TPSA) is 71.9 Å². The van der Waals surface area contributed by atoms with Gasteiger partial charge in [-0.05, 0) is 42.8 Å². The minimum absolute atomic E-state index is 0.0895. The standard InChI is InChI=1S/C15H21BrN2O4/c1-14(2,3)22-13(19)18-7-8-21-10-15(20,9-18)11-5-4-6-17-12(11)16/h4-6,20H,7-10H2,1-3H3. The highest BCUT2D eigenvalue weighted by Gasteiger charge is 2.38. The van der Waals surface area contributed by atoms with Crippen LogP contribution in [0, 0.1) is 0 Å². The van der Waals surface area contributed by atoms with Crippen molar-refractivity contribution in [3.8, 4) is 0 Å². The SMILES string of the molecule is CC(C)(C)OC(=O)N1CCOCC(O)(c2cccnc2Br)C1. The van der Waals surface area contributed by atoms with Crippen molar-refractivity contribution in [1.29, 1.82) is 0 Å². The fraction of sp³-hybridized carbons (Fsp3) is 0.600. The normalized spacial score (nSPS) is 23.0. The number of pyridine rings is 1. The molecule has 0 radical (unpaired) electrons. The first-order valence-electron chi connectivity index (χ1n) is 7.10. The van der Waals surface area contributed by atoms with Crippen molar-refractivity contribution in [2.24, 2.45) is 0 Å². The highest BCUT2D eigenvalue weighted by molar-refractivity contribution is 9.10. The summed E-state index contributed by atoms with van der Waals surface area (Å²) in [7, 11) is 0. The largest absolute Gasteiger partial charge is 0.444 e. The lowest BCUT2D eigenvalue weighted by Gasteiger charge is -2.32. The molecule has 0 saturated carbocycles. The van der Waals surface area contributed by atoms with E-state index in [0.29, 0.717) is 23.3 Å². The molecule has 0 bridgehead atoms. The average Bonchev–Trinajstić information content (AvgIpc) is 2.60. The predicted molar refractivity (Wildman–Crippen MR) is 84.5 cm³/mol. The van der Waals surface area contributed by atoms with Crippen LogP contribution < -0.4 is 0 Å². The molecule has 1 N–H and O–H groups in total. The van der Waals surface area contributed by atoms with Gasteiger partial charge in [0.1, 0.15) is 15.8 Å². The van der Waals surface area contributed by atoms with Gasteiger partial charge in [0, 0.05) is 18.3 Å². The molecule has 1 atom stereocenters. The zero-order valence-corrected chi connectivity index (χ0v) is 14.6. The molecule has 1 saturated heterocycles. The zero-order valence-electron chi connectivity index (χ0n) is 13.0. The highest BCUT2D eigenvalue weighted by atomic mass is 79.9. The molecule has 7 heteroatoms. The molecule has 122 valence electrons. The van der Waals surface area contributed by atoms with E-state index in [1.807, 2.05) is 20.8 Å². The first-order chi connectivity index (χ1) is 10.2. The summed E-state index contributed by atoms with van der Waals surface area (Å²) in [6.45, 7) is 6.33. The molecule has 1 aliphatic rings. The van der Waals surface area contributed by atoms with E-state index in [2.05, 4.69) is 20.9 Å². The molecular formula is C15H21BrN2O4. The number of nitrogens with zero attached hydrogens (tertiary/aromatic N) is 2. The van der Waals surface area contributed by atoms with E-state index in [9.17, 15) is 9.90 Å². The third-order valence-electron chi connectivity index (χ3n) is 3.21. The van der Waals surface area contributed by atoms with Crippen LogP contribution in [0.1, 0.15) is 26.3 Å². The number of rotatable bonds is 1. The van der Waals surface area contributed by atoms with Crippen LogP contribution in [0.25, 0.3) is 0 Å². The lowest BCUT2D eigenvalue weighted by Crippen LogP contribution is -2.46. The molecule has 1 unspecified atom stereocenters. The maximum Gasteiger partial charge on any atom is 0.410 e. The number of aliphatic hydroxyl groups is 1. The summed E-state index contributed by atoms with van der Waals surface area (Å²) in [6.07, 6.45) is 1.16. The molecule has 6 nitrogen and oxygen atoms in total. The van der Waals surface area contributed by atoms with Gasteiger partial charge in [0.05, 0.1) is 19.8 Å². The molecule has 0 spiro atoms. The first kappa shape index (κ1) is 17.2. The molecule has 1 aliphatic heterocycles. The van der Waals surface area contributed by atoms with Crippen LogP contribution in [-0.4, -0.2) is 53.0 Å². The van der Waals surface area contributed by atoms with Crippen LogP contribution in [0.2, 0.25) is 0 Å². The van der Waals surface area contributed by atoms with Crippen molar-refractivity contribution in [3.63, 3.8) is 0 Å². The Kier molecular flexibility index (Phi) is 5.09. The Hall–Kier alpha value is -1.18. The maximum absolute atomic E-state index is 12.3. The van der Waals surface area contributed by atoms with Crippen LogP contribution in [0.15, 0.2) is 22.9 Å². The molecule has 2 heterocycles. The molecule has 0 aromatic carbocycles. The number of halogens is 1. The second-order valence-corrected chi connectivity index (χ2v) is 7.08. The van der Waals surface area contributed by atoms with E-state index in [1.165, 1.54) is 4.90 Å². The van der Waals surface area contributed by atoms with Crippen molar-refractivity contribution in [2.45, 2.75) is 32.0 Å². The fourth-order valence-electron chi connectivity index (χ4n) is 2.23. The van der Waals surface area contributed by atoms with Crippen molar-refractivity contribution in [2.75, 3.05) is 26.3 Å². The Bertz CT molecular complexity index is 547. The lowest BCUT2D eigenvalue weighted by atomic mass is 9.96. The van der Waals surface area contributed by atoms with E-state index in [1.54, 1.807) is 18.3 Å². The van der Waals surface area contributed by atoms with Gasteiger partial charge < -0.3 is 19.5 Å². The van der Waals surface area contributed by atoms with Crippen molar-refractivity contribution in [1.82, 2.24) is 9.88 Å². The number of amides is 1. The number of hydrogen-bond donors (Lipinski definition) is 1. The summed E-state index contributed by atoms with van der Waals surface area (Å²) >= 11 is 3.34. The third-order valence-corrected chi connectivity index (χ3v) is 3.84. The van der Waals surface area contributed by atoms with Gasteiger partial charge in [-0.15, -0.1) is 0 Å². The number of carbonyl (C=O) groups is 1. The minimum Gasteiger partial charge on any atom is -0.444 e. The van der Waals surface area contributed by atoms with Crippen LogP contribution in [0.3, 0.4) is 0 Å². The van der Waals surface area contributed by atoms with Crippen molar-refractivity contribution >= 4 is 22.0 Å². The molecule has 2 rings (SSSR count). The van der Waals surface area contributed by atoms with E-state index in [4.69, 9.17) is 9.47 Å². The summed E-state index contributed by atoms with van der Waals surface area (Å²) in [5.74, 6) is 0. The summed E-state index contributed by atoms with van der Waals surface area (Å²) < 4.78 is 11.4. The van der Waals surface area contributed by atoms with E-state index in [0.717, 1.165) is 0 Å². The van der Waals surface area contributed by atoms with Crippen LogP contribution in [0.5, 0.6) is 0 Å². The summed E-state index contributed by atoms with van der Waals surface area (Å²) in [4.78, 5) is 17.9. The molecule has 1 aromatic heterocycles. The van der Waals surface area contributed by atoms with Crippen molar-refractivity contribution in [3.05, 3.63) is 28.5 Å². The zero-order chi connectivity index (χ0) is 16.4. The molecule has 1 amide bonds. The molecule has 22 heavy (non-hydrogen) atoms. The predicted octanol–water partition coefficient (Wildman–Crippen LogP) is 2.30. The van der Waals surface area contributed by atoms with Crippen LogP contribution in [-0.2, 0) is 15.1 Å². The molecular weight excluding hydrogens is 352 g/mol. The number of carbonyl (C=O) groups excluding carboxylic acids is 1. The Morgan fingerprint density at radius 1 is 1.55 bits per heavy atom. The molecule has 0 aliphatic carbocycles. The second-order valence-electron chi connectivity index (χ2n) is 6.33. The van der Waals surface area contributed by atoms with Gasteiger partial charge in [-0.2, -0.15) is 0 Å². The van der Waals surface area contributed by atoms with Gasteiger partial charge >= 0.3 is 6.09 Å².